The molecule has 1 aliphatic rings. The first-order valence-corrected chi connectivity index (χ1v) is 13.1. The molecule has 7 nitrogen and oxygen atoms in total. The van der Waals surface area contributed by atoms with E-state index in [1.807, 2.05) is 58.0 Å². The van der Waals surface area contributed by atoms with Crippen LogP contribution in [-0.4, -0.2) is 35.0 Å². The highest BCUT2D eigenvalue weighted by Crippen LogP contribution is 2.45. The number of hydrogen-bond acceptors (Lipinski definition) is 7. The van der Waals surface area contributed by atoms with Crippen molar-refractivity contribution in [2.45, 2.75) is 39.8 Å². The Labute approximate surface area is 225 Å². The van der Waals surface area contributed by atoms with Crippen molar-refractivity contribution in [3.63, 3.8) is 0 Å². The van der Waals surface area contributed by atoms with E-state index in [2.05, 4.69) is 4.98 Å². The summed E-state index contributed by atoms with van der Waals surface area (Å²) in [5.41, 5.74) is 3.68. The minimum absolute atomic E-state index is 0.00370. The normalized spacial score (nSPS) is 17.0. The van der Waals surface area contributed by atoms with Crippen molar-refractivity contribution < 1.29 is 24.2 Å². The lowest BCUT2D eigenvalue weighted by Crippen LogP contribution is -2.29. The molecule has 0 unspecified atom stereocenters. The maximum Gasteiger partial charge on any atom is 0.301 e. The zero-order valence-corrected chi connectivity index (χ0v) is 22.6. The summed E-state index contributed by atoms with van der Waals surface area (Å²) in [6.45, 7) is 7.72. The van der Waals surface area contributed by atoms with E-state index in [0.29, 0.717) is 27.8 Å². The lowest BCUT2D eigenvalue weighted by atomic mass is 9.95. The lowest BCUT2D eigenvalue weighted by molar-refractivity contribution is -0.132. The van der Waals surface area contributed by atoms with Crippen LogP contribution in [0.15, 0.2) is 66.2 Å². The predicted molar refractivity (Wildman–Crippen MR) is 149 cm³/mol. The Morgan fingerprint density at radius 1 is 1.03 bits per heavy atom. The Hall–Kier alpha value is -4.17. The van der Waals surface area contributed by atoms with Crippen LogP contribution < -0.4 is 14.4 Å². The third-order valence-electron chi connectivity index (χ3n) is 6.42. The van der Waals surface area contributed by atoms with Crippen LogP contribution in [0.2, 0.25) is 0 Å². The number of methoxy groups -OCH3 is 1. The van der Waals surface area contributed by atoms with Gasteiger partial charge >= 0.3 is 5.91 Å². The Morgan fingerprint density at radius 2 is 1.76 bits per heavy atom. The van der Waals surface area contributed by atoms with Crippen molar-refractivity contribution in [3.8, 4) is 11.5 Å². The van der Waals surface area contributed by atoms with Crippen molar-refractivity contribution in [1.29, 1.82) is 0 Å². The summed E-state index contributed by atoms with van der Waals surface area (Å²) in [5, 5.41) is 11.8. The van der Waals surface area contributed by atoms with Gasteiger partial charge in [-0.3, -0.25) is 14.5 Å². The molecule has 1 atom stereocenters. The topological polar surface area (TPSA) is 89.0 Å². The molecule has 4 aromatic rings. The molecule has 194 valence electrons. The van der Waals surface area contributed by atoms with Crippen LogP contribution in [0.1, 0.15) is 42.1 Å². The number of anilines is 1. The van der Waals surface area contributed by atoms with Gasteiger partial charge in [-0.05, 0) is 86.8 Å². The van der Waals surface area contributed by atoms with Crippen LogP contribution in [-0.2, 0) is 9.59 Å². The molecular formula is C30H28N2O5S. The molecule has 1 N–H and O–H groups in total. The number of ketones is 1. The number of rotatable bonds is 6. The molecule has 1 saturated heterocycles. The number of thiazole rings is 1. The number of Topliss-reactive ketones (excluding diaryl/α,β-unsaturated/α-hetero) is 1. The van der Waals surface area contributed by atoms with Gasteiger partial charge < -0.3 is 14.6 Å². The zero-order chi connectivity index (χ0) is 27.1. The van der Waals surface area contributed by atoms with Gasteiger partial charge in [0.1, 0.15) is 17.3 Å². The second-order valence-corrected chi connectivity index (χ2v) is 10.6. The fraction of sp³-hybridized carbons (Fsp3) is 0.233. The molecule has 1 aromatic heterocycles. The van der Waals surface area contributed by atoms with E-state index in [4.69, 9.17) is 9.47 Å². The van der Waals surface area contributed by atoms with Crippen LogP contribution in [0.4, 0.5) is 5.13 Å². The molecule has 8 heteroatoms. The number of aliphatic hydroxyl groups is 1. The SMILES string of the molecule is COc1ccc(C(O)=C2C(=O)C(=O)N(c3nc4ccc(C)cc4s3)[C@@H]2c2ccc(OC(C)C)cc2)cc1C. The molecule has 0 spiro atoms. The van der Waals surface area contributed by atoms with Gasteiger partial charge in [0.2, 0.25) is 0 Å². The van der Waals surface area contributed by atoms with Crippen LogP contribution >= 0.6 is 11.3 Å². The Morgan fingerprint density at radius 3 is 2.42 bits per heavy atom. The minimum atomic E-state index is -0.868. The van der Waals surface area contributed by atoms with Crippen molar-refractivity contribution in [3.05, 3.63) is 88.5 Å². The van der Waals surface area contributed by atoms with Crippen LogP contribution in [0.5, 0.6) is 11.5 Å². The highest BCUT2D eigenvalue weighted by Gasteiger charge is 2.48. The van der Waals surface area contributed by atoms with E-state index >= 15 is 0 Å². The first-order valence-electron chi connectivity index (χ1n) is 12.3. The fourth-order valence-electron chi connectivity index (χ4n) is 4.65. The maximum atomic E-state index is 13.5. The molecule has 0 saturated carbocycles. The summed E-state index contributed by atoms with van der Waals surface area (Å²) < 4.78 is 12.0. The lowest BCUT2D eigenvalue weighted by Gasteiger charge is -2.23. The molecule has 1 amide bonds. The van der Waals surface area contributed by atoms with Gasteiger partial charge in [-0.1, -0.05) is 29.5 Å². The van der Waals surface area contributed by atoms with Gasteiger partial charge in [-0.15, -0.1) is 0 Å². The molecule has 3 aromatic carbocycles. The number of ether oxygens (including phenoxy) is 2. The molecular weight excluding hydrogens is 500 g/mol. The van der Waals surface area contributed by atoms with Crippen LogP contribution in [0.3, 0.4) is 0 Å². The number of hydrogen-bond donors (Lipinski definition) is 1. The van der Waals surface area contributed by atoms with Gasteiger partial charge in [-0.2, -0.15) is 0 Å². The monoisotopic (exact) mass is 528 g/mol. The summed E-state index contributed by atoms with van der Waals surface area (Å²) in [6.07, 6.45) is -0.00370. The predicted octanol–water partition coefficient (Wildman–Crippen LogP) is 6.34. The standard InChI is InChI=1S/C30H28N2O5S/c1-16(2)37-21-10-7-19(8-11-21)26-25(27(33)20-9-13-23(36-5)18(4)15-20)28(34)29(35)32(26)30-31-22-12-6-17(3)14-24(22)38-30/h6-16,26,33H,1-5H3/t26-/m1/s1. The molecule has 38 heavy (non-hydrogen) atoms. The van der Waals surface area contributed by atoms with E-state index in [-0.39, 0.29) is 17.4 Å². The number of amides is 1. The number of aliphatic hydroxyl groups excluding tert-OH is 1. The van der Waals surface area contributed by atoms with Crippen molar-refractivity contribution in [2.24, 2.45) is 0 Å². The van der Waals surface area contributed by atoms with Gasteiger partial charge in [-0.25, -0.2) is 4.98 Å². The molecule has 1 aliphatic heterocycles. The Balaban J connectivity index is 1.69. The third-order valence-corrected chi connectivity index (χ3v) is 7.44. The maximum absolute atomic E-state index is 13.5. The molecule has 0 bridgehead atoms. The Kier molecular flexibility index (Phi) is 6.67. The number of carbonyl (C=O) groups is 2. The summed E-state index contributed by atoms with van der Waals surface area (Å²) in [4.78, 5) is 33.1. The number of nitrogens with zero attached hydrogens (tertiary/aromatic N) is 2. The third kappa shape index (κ3) is 4.52. The summed E-state index contributed by atoms with van der Waals surface area (Å²) in [7, 11) is 1.57. The molecule has 5 rings (SSSR count). The molecule has 0 radical (unpaired) electrons. The number of aryl methyl sites for hydroxylation is 2. The number of fused-ring (bicyclic) bond motifs is 1. The van der Waals surface area contributed by atoms with E-state index in [9.17, 15) is 14.7 Å². The van der Waals surface area contributed by atoms with Crippen molar-refractivity contribution in [1.82, 2.24) is 4.98 Å². The highest BCUT2D eigenvalue weighted by atomic mass is 32.1. The van der Waals surface area contributed by atoms with Gasteiger partial charge in [0.15, 0.2) is 5.13 Å². The van der Waals surface area contributed by atoms with Crippen molar-refractivity contribution in [2.75, 3.05) is 12.0 Å². The Bertz CT molecular complexity index is 1590. The number of carbonyl (C=O) groups excluding carboxylic acids is 2. The largest absolute Gasteiger partial charge is 0.507 e. The first kappa shape index (κ1) is 25.5. The number of benzene rings is 3. The second kappa shape index (κ2) is 9.95. The second-order valence-electron chi connectivity index (χ2n) is 9.56. The van der Waals surface area contributed by atoms with Crippen LogP contribution in [0.25, 0.3) is 16.0 Å². The first-order chi connectivity index (χ1) is 18.2. The number of aromatic nitrogens is 1. The summed E-state index contributed by atoms with van der Waals surface area (Å²) >= 11 is 1.34. The highest BCUT2D eigenvalue weighted by molar-refractivity contribution is 7.22. The van der Waals surface area contributed by atoms with Gasteiger partial charge in [0.05, 0.1) is 35.0 Å². The average Bonchev–Trinajstić information content (AvgIpc) is 3.41. The van der Waals surface area contributed by atoms with Crippen LogP contribution in [0, 0.1) is 13.8 Å². The fourth-order valence-corrected chi connectivity index (χ4v) is 5.74. The van der Waals surface area contributed by atoms with E-state index in [1.165, 1.54) is 16.2 Å². The van der Waals surface area contributed by atoms with Gasteiger partial charge in [0, 0.05) is 5.56 Å². The molecule has 0 aliphatic carbocycles. The molecule has 1 fully saturated rings. The summed E-state index contributed by atoms with van der Waals surface area (Å²) in [5.74, 6) is -0.425. The van der Waals surface area contributed by atoms with E-state index in [0.717, 1.165) is 21.3 Å². The average molecular weight is 529 g/mol. The van der Waals surface area contributed by atoms with Crippen molar-refractivity contribution >= 4 is 44.1 Å². The minimum Gasteiger partial charge on any atom is -0.507 e. The van der Waals surface area contributed by atoms with Gasteiger partial charge in [0.25, 0.3) is 5.78 Å². The van der Waals surface area contributed by atoms with E-state index in [1.54, 1.807) is 37.4 Å². The molecule has 2 heterocycles. The smallest absolute Gasteiger partial charge is 0.301 e. The quantitative estimate of drug-likeness (QED) is 0.179. The summed E-state index contributed by atoms with van der Waals surface area (Å²) in [6, 6.07) is 17.3. The zero-order valence-electron chi connectivity index (χ0n) is 21.8. The van der Waals surface area contributed by atoms with E-state index < -0.39 is 17.7 Å².